The molecule has 0 aromatic carbocycles. The van der Waals surface area contributed by atoms with Gasteiger partial charge in [-0.3, -0.25) is 4.68 Å². The molecule has 1 unspecified atom stereocenters. The Morgan fingerprint density at radius 1 is 1.44 bits per heavy atom. The van der Waals surface area contributed by atoms with Gasteiger partial charge in [0.2, 0.25) is 0 Å². The second-order valence-corrected chi connectivity index (χ2v) is 6.28. The molecule has 1 atom stereocenters. The Kier molecular flexibility index (Phi) is 5.86. The van der Waals surface area contributed by atoms with Crippen LogP contribution >= 0.6 is 0 Å². The van der Waals surface area contributed by atoms with Gasteiger partial charge in [-0.25, -0.2) is 0 Å². The Morgan fingerprint density at radius 3 is 2.67 bits per heavy atom. The number of hydrogen-bond acceptors (Lipinski definition) is 2. The molecular weight excluding hydrogens is 222 g/mol. The zero-order valence-electron chi connectivity index (χ0n) is 12.7. The molecule has 1 heterocycles. The number of hydrogen-bond donors (Lipinski definition) is 1. The third kappa shape index (κ3) is 5.21. The van der Waals surface area contributed by atoms with Gasteiger partial charge in [-0.05, 0) is 36.3 Å². The Morgan fingerprint density at radius 2 is 2.17 bits per heavy atom. The molecule has 104 valence electrons. The second kappa shape index (κ2) is 6.93. The van der Waals surface area contributed by atoms with Crippen molar-refractivity contribution < 1.29 is 0 Å². The monoisotopic (exact) mass is 251 g/mol. The van der Waals surface area contributed by atoms with Crippen molar-refractivity contribution >= 4 is 0 Å². The van der Waals surface area contributed by atoms with Crippen LogP contribution in [0.2, 0.25) is 0 Å². The minimum absolute atomic E-state index is 0.340. The summed E-state index contributed by atoms with van der Waals surface area (Å²) in [6, 6.07) is 0. The molecule has 0 aliphatic carbocycles. The predicted octanol–water partition coefficient (Wildman–Crippen LogP) is 3.01. The van der Waals surface area contributed by atoms with Crippen molar-refractivity contribution in [2.24, 2.45) is 18.4 Å². The molecule has 0 spiro atoms. The maximum Gasteiger partial charge on any atom is 0.0521 e. The molecule has 3 nitrogen and oxygen atoms in total. The molecule has 0 radical (unpaired) electrons. The van der Waals surface area contributed by atoms with Gasteiger partial charge in [0.25, 0.3) is 0 Å². The number of aromatic nitrogens is 2. The molecule has 0 fully saturated rings. The van der Waals surface area contributed by atoms with Gasteiger partial charge in [0, 0.05) is 19.8 Å². The van der Waals surface area contributed by atoms with E-state index in [1.807, 2.05) is 17.9 Å². The van der Waals surface area contributed by atoms with Crippen LogP contribution in [0.5, 0.6) is 0 Å². The van der Waals surface area contributed by atoms with Crippen molar-refractivity contribution in [2.75, 3.05) is 13.1 Å². The van der Waals surface area contributed by atoms with Crippen LogP contribution in [0.25, 0.3) is 0 Å². The van der Waals surface area contributed by atoms with Crippen LogP contribution in [-0.2, 0) is 13.5 Å². The first-order valence-electron chi connectivity index (χ1n) is 7.13. The molecule has 0 saturated heterocycles. The van der Waals surface area contributed by atoms with E-state index in [1.54, 1.807) is 0 Å². The van der Waals surface area contributed by atoms with Gasteiger partial charge in [0.1, 0.15) is 0 Å². The van der Waals surface area contributed by atoms with Crippen molar-refractivity contribution in [3.05, 3.63) is 18.0 Å². The zero-order valence-corrected chi connectivity index (χ0v) is 12.7. The molecule has 0 amide bonds. The lowest BCUT2D eigenvalue weighted by Gasteiger charge is -2.30. The average molecular weight is 251 g/mol. The summed E-state index contributed by atoms with van der Waals surface area (Å²) >= 11 is 0. The Balaban J connectivity index is 2.55. The number of aryl methyl sites for hydroxylation is 1. The van der Waals surface area contributed by atoms with Crippen LogP contribution in [0.15, 0.2) is 12.4 Å². The molecular formula is C15H29N3. The fraction of sp³-hybridized carbons (Fsp3) is 0.800. The van der Waals surface area contributed by atoms with Crippen molar-refractivity contribution in [3.63, 3.8) is 0 Å². The summed E-state index contributed by atoms with van der Waals surface area (Å²) in [5, 5.41) is 7.88. The van der Waals surface area contributed by atoms with Gasteiger partial charge in [-0.2, -0.15) is 5.10 Å². The summed E-state index contributed by atoms with van der Waals surface area (Å²) in [5.41, 5.74) is 1.69. The van der Waals surface area contributed by atoms with Crippen molar-refractivity contribution in [1.82, 2.24) is 15.1 Å². The molecule has 0 aliphatic heterocycles. The van der Waals surface area contributed by atoms with Gasteiger partial charge in [0.15, 0.2) is 0 Å². The van der Waals surface area contributed by atoms with E-state index >= 15 is 0 Å². The molecule has 3 heteroatoms. The highest BCUT2D eigenvalue weighted by atomic mass is 15.2. The summed E-state index contributed by atoms with van der Waals surface area (Å²) in [6.07, 6.45) is 7.74. The van der Waals surface area contributed by atoms with E-state index in [1.165, 1.54) is 18.4 Å². The van der Waals surface area contributed by atoms with Crippen molar-refractivity contribution in [1.29, 1.82) is 0 Å². The van der Waals surface area contributed by atoms with Crippen molar-refractivity contribution in [2.45, 2.75) is 47.0 Å². The summed E-state index contributed by atoms with van der Waals surface area (Å²) in [5.74, 6) is 0.717. The molecule has 0 aliphatic rings. The van der Waals surface area contributed by atoms with Crippen LogP contribution < -0.4 is 5.32 Å². The first-order valence-corrected chi connectivity index (χ1v) is 7.13. The molecule has 0 saturated carbocycles. The predicted molar refractivity (Wildman–Crippen MR) is 77.6 cm³/mol. The summed E-state index contributed by atoms with van der Waals surface area (Å²) in [6.45, 7) is 11.4. The summed E-state index contributed by atoms with van der Waals surface area (Å²) in [7, 11) is 1.98. The van der Waals surface area contributed by atoms with Gasteiger partial charge < -0.3 is 5.32 Å². The Labute approximate surface area is 112 Å². The fourth-order valence-electron chi connectivity index (χ4n) is 2.56. The van der Waals surface area contributed by atoms with Gasteiger partial charge in [0.05, 0.1) is 6.20 Å². The van der Waals surface area contributed by atoms with Crippen LogP contribution in [0.1, 0.15) is 46.1 Å². The Hall–Kier alpha value is -0.830. The van der Waals surface area contributed by atoms with Gasteiger partial charge in [-0.1, -0.05) is 34.1 Å². The summed E-state index contributed by atoms with van der Waals surface area (Å²) in [4.78, 5) is 0. The van der Waals surface area contributed by atoms with E-state index in [4.69, 9.17) is 0 Å². The maximum absolute atomic E-state index is 4.27. The number of rotatable bonds is 8. The average Bonchev–Trinajstić information content (AvgIpc) is 2.63. The maximum atomic E-state index is 4.27. The third-order valence-corrected chi connectivity index (χ3v) is 3.35. The highest BCUT2D eigenvalue weighted by Gasteiger charge is 2.24. The van der Waals surface area contributed by atoms with Crippen molar-refractivity contribution in [3.8, 4) is 0 Å². The fourth-order valence-corrected chi connectivity index (χ4v) is 2.56. The van der Waals surface area contributed by atoms with E-state index < -0.39 is 0 Å². The molecule has 1 N–H and O–H groups in total. The highest BCUT2D eigenvalue weighted by Crippen LogP contribution is 2.27. The van der Waals surface area contributed by atoms with E-state index in [0.717, 1.165) is 19.5 Å². The quantitative estimate of drug-likeness (QED) is 0.769. The van der Waals surface area contributed by atoms with Crippen LogP contribution in [0.4, 0.5) is 0 Å². The molecule has 1 rings (SSSR count). The topological polar surface area (TPSA) is 29.9 Å². The number of nitrogens with one attached hydrogen (secondary N) is 1. The molecule has 1 aromatic rings. The standard InChI is InChI=1S/C15H29N3/c1-6-7-15(4,12-16-9-13(2)3)8-14-10-17-18(5)11-14/h10-11,13,16H,6-9,12H2,1-5H3. The van der Waals surface area contributed by atoms with Crippen LogP contribution in [-0.4, -0.2) is 22.9 Å². The van der Waals surface area contributed by atoms with Gasteiger partial charge >= 0.3 is 0 Å². The minimum Gasteiger partial charge on any atom is -0.316 e. The lowest BCUT2D eigenvalue weighted by molar-refractivity contribution is 0.271. The molecule has 0 bridgehead atoms. The smallest absolute Gasteiger partial charge is 0.0521 e. The van der Waals surface area contributed by atoms with Gasteiger partial charge in [-0.15, -0.1) is 0 Å². The van der Waals surface area contributed by atoms with E-state index in [-0.39, 0.29) is 0 Å². The lowest BCUT2D eigenvalue weighted by atomic mass is 9.80. The van der Waals surface area contributed by atoms with E-state index in [9.17, 15) is 0 Å². The second-order valence-electron chi connectivity index (χ2n) is 6.28. The summed E-state index contributed by atoms with van der Waals surface area (Å²) < 4.78 is 1.89. The molecule has 18 heavy (non-hydrogen) atoms. The van der Waals surface area contributed by atoms with E-state index in [0.29, 0.717) is 11.3 Å². The van der Waals surface area contributed by atoms with E-state index in [2.05, 4.69) is 44.3 Å². The van der Waals surface area contributed by atoms with Crippen LogP contribution in [0, 0.1) is 11.3 Å². The number of nitrogens with zero attached hydrogens (tertiary/aromatic N) is 2. The largest absolute Gasteiger partial charge is 0.316 e. The first-order chi connectivity index (χ1) is 8.45. The SMILES string of the molecule is CCCC(C)(CNCC(C)C)Cc1cnn(C)c1. The Bertz CT molecular complexity index is 343. The zero-order chi connectivity index (χ0) is 13.6. The lowest BCUT2D eigenvalue weighted by Crippen LogP contribution is -2.35. The normalized spacial score (nSPS) is 15.0. The molecule has 1 aromatic heterocycles. The third-order valence-electron chi connectivity index (χ3n) is 3.35. The first kappa shape index (κ1) is 15.2. The highest BCUT2D eigenvalue weighted by molar-refractivity contribution is 5.07. The van der Waals surface area contributed by atoms with Crippen LogP contribution in [0.3, 0.4) is 0 Å². The minimum atomic E-state index is 0.340.